The van der Waals surface area contributed by atoms with Crippen LogP contribution in [-0.4, -0.2) is 47.7 Å². The Bertz CT molecular complexity index is 634. The molecule has 8 heteroatoms. The van der Waals surface area contributed by atoms with Gasteiger partial charge in [-0.1, -0.05) is 44.2 Å². The summed E-state index contributed by atoms with van der Waals surface area (Å²) >= 11 is 0. The zero-order valence-electron chi connectivity index (χ0n) is 14.7. The molecule has 0 aliphatic carbocycles. The SMILES string of the molecule is CC(C)C(NC(=O)CN1C[C@@H](C(F)(F)F)[C@H](C(=O)O)C1)c1ccccc1. The highest BCUT2D eigenvalue weighted by Crippen LogP contribution is 2.37. The van der Waals surface area contributed by atoms with Crippen molar-refractivity contribution in [2.45, 2.75) is 26.1 Å². The third-order valence-corrected chi connectivity index (χ3v) is 4.64. The zero-order valence-corrected chi connectivity index (χ0v) is 14.7. The first-order valence-electron chi connectivity index (χ1n) is 8.45. The van der Waals surface area contributed by atoms with Crippen LogP contribution in [0, 0.1) is 17.8 Å². The predicted molar refractivity (Wildman–Crippen MR) is 89.3 cm³/mol. The van der Waals surface area contributed by atoms with Crippen LogP contribution in [0.25, 0.3) is 0 Å². The number of carbonyl (C=O) groups is 2. The minimum absolute atomic E-state index is 0.0922. The number of nitrogens with zero attached hydrogens (tertiary/aromatic N) is 1. The highest BCUT2D eigenvalue weighted by molar-refractivity contribution is 5.79. The number of carboxylic acids is 1. The molecule has 1 fully saturated rings. The molecular weight excluding hydrogens is 349 g/mol. The molecule has 1 saturated heterocycles. The van der Waals surface area contributed by atoms with Gasteiger partial charge in [0.1, 0.15) is 0 Å². The van der Waals surface area contributed by atoms with Crippen LogP contribution in [0.15, 0.2) is 30.3 Å². The van der Waals surface area contributed by atoms with Crippen LogP contribution in [0.1, 0.15) is 25.5 Å². The van der Waals surface area contributed by atoms with Crippen molar-refractivity contribution in [1.29, 1.82) is 0 Å². The van der Waals surface area contributed by atoms with Crippen LogP contribution < -0.4 is 5.32 Å². The minimum Gasteiger partial charge on any atom is -0.481 e. The zero-order chi connectivity index (χ0) is 19.5. The Kier molecular flexibility index (Phi) is 6.28. The van der Waals surface area contributed by atoms with Crippen molar-refractivity contribution < 1.29 is 27.9 Å². The molecule has 0 spiro atoms. The maximum Gasteiger partial charge on any atom is 0.393 e. The molecule has 0 aromatic heterocycles. The van der Waals surface area contributed by atoms with E-state index in [9.17, 15) is 22.8 Å². The van der Waals surface area contributed by atoms with Crippen molar-refractivity contribution in [3.05, 3.63) is 35.9 Å². The molecule has 1 aromatic rings. The Morgan fingerprint density at radius 2 is 1.85 bits per heavy atom. The Morgan fingerprint density at radius 3 is 2.31 bits per heavy atom. The van der Waals surface area contributed by atoms with Gasteiger partial charge in [0.05, 0.1) is 24.4 Å². The molecule has 0 radical (unpaired) electrons. The van der Waals surface area contributed by atoms with E-state index in [1.807, 2.05) is 44.2 Å². The van der Waals surface area contributed by atoms with Gasteiger partial charge in [-0.15, -0.1) is 0 Å². The maximum atomic E-state index is 13.0. The number of likely N-dealkylation sites (tertiary alicyclic amines) is 1. The highest BCUT2D eigenvalue weighted by atomic mass is 19.4. The lowest BCUT2D eigenvalue weighted by Crippen LogP contribution is -2.40. The van der Waals surface area contributed by atoms with Gasteiger partial charge in [-0.3, -0.25) is 14.5 Å². The quantitative estimate of drug-likeness (QED) is 0.806. The molecule has 5 nitrogen and oxygen atoms in total. The number of halogens is 3. The van der Waals surface area contributed by atoms with Gasteiger partial charge >= 0.3 is 12.1 Å². The second-order valence-corrected chi connectivity index (χ2v) is 6.99. The van der Waals surface area contributed by atoms with E-state index in [0.29, 0.717) is 0 Å². The Labute approximate surface area is 150 Å². The summed E-state index contributed by atoms with van der Waals surface area (Å²) in [5.41, 5.74) is 0.911. The number of hydrogen-bond donors (Lipinski definition) is 2. The summed E-state index contributed by atoms with van der Waals surface area (Å²) in [7, 11) is 0. The largest absolute Gasteiger partial charge is 0.481 e. The van der Waals surface area contributed by atoms with Crippen molar-refractivity contribution in [1.82, 2.24) is 10.2 Å². The summed E-state index contributed by atoms with van der Waals surface area (Å²) < 4.78 is 39.1. The van der Waals surface area contributed by atoms with E-state index in [1.165, 1.54) is 4.90 Å². The lowest BCUT2D eigenvalue weighted by molar-refractivity contribution is -0.188. The third kappa shape index (κ3) is 4.97. The molecule has 1 aliphatic heterocycles. The fourth-order valence-corrected chi connectivity index (χ4v) is 3.31. The highest BCUT2D eigenvalue weighted by Gasteiger charge is 2.52. The van der Waals surface area contributed by atoms with Gasteiger partial charge in [0.25, 0.3) is 0 Å². The molecule has 1 unspecified atom stereocenters. The number of carbonyl (C=O) groups excluding carboxylic acids is 1. The van der Waals surface area contributed by atoms with Crippen molar-refractivity contribution in [3.8, 4) is 0 Å². The first-order chi connectivity index (χ1) is 12.1. The molecule has 1 heterocycles. The normalized spacial score (nSPS) is 22.4. The number of rotatable bonds is 6. The van der Waals surface area contributed by atoms with Crippen molar-refractivity contribution >= 4 is 11.9 Å². The van der Waals surface area contributed by atoms with Crippen LogP contribution in [0.5, 0.6) is 0 Å². The van der Waals surface area contributed by atoms with Gasteiger partial charge in [-0.25, -0.2) is 0 Å². The van der Waals surface area contributed by atoms with Gasteiger partial charge in [-0.05, 0) is 11.5 Å². The van der Waals surface area contributed by atoms with E-state index < -0.39 is 36.4 Å². The van der Waals surface area contributed by atoms with Gasteiger partial charge in [0, 0.05) is 13.1 Å². The number of amides is 1. The number of nitrogens with one attached hydrogen (secondary N) is 1. The molecular formula is C18H23F3N2O3. The van der Waals surface area contributed by atoms with E-state index in [-0.39, 0.29) is 25.0 Å². The molecule has 1 amide bonds. The summed E-state index contributed by atoms with van der Waals surface area (Å²) in [5.74, 6) is -5.31. The molecule has 1 aliphatic rings. The maximum absolute atomic E-state index is 13.0. The van der Waals surface area contributed by atoms with Crippen LogP contribution >= 0.6 is 0 Å². The van der Waals surface area contributed by atoms with Crippen LogP contribution in [0.2, 0.25) is 0 Å². The number of hydrogen-bond acceptors (Lipinski definition) is 3. The topological polar surface area (TPSA) is 69.6 Å². The number of benzene rings is 1. The molecule has 1 aromatic carbocycles. The van der Waals surface area contributed by atoms with Gasteiger partial charge in [0.15, 0.2) is 0 Å². The van der Waals surface area contributed by atoms with Crippen molar-refractivity contribution in [2.24, 2.45) is 17.8 Å². The van der Waals surface area contributed by atoms with Gasteiger partial charge < -0.3 is 10.4 Å². The fourth-order valence-electron chi connectivity index (χ4n) is 3.31. The van der Waals surface area contributed by atoms with Crippen LogP contribution in [0.3, 0.4) is 0 Å². The summed E-state index contributed by atoms with van der Waals surface area (Å²) in [5, 5.41) is 11.9. The van der Waals surface area contributed by atoms with E-state index in [2.05, 4.69) is 5.32 Å². The lowest BCUT2D eigenvalue weighted by Gasteiger charge is -2.24. The number of carboxylic acid groups (broad SMARTS) is 1. The predicted octanol–water partition coefficient (Wildman–Crippen LogP) is 2.69. The lowest BCUT2D eigenvalue weighted by atomic mass is 9.96. The average molecular weight is 372 g/mol. The van der Waals surface area contributed by atoms with E-state index in [4.69, 9.17) is 5.11 Å². The van der Waals surface area contributed by atoms with Gasteiger partial charge in [-0.2, -0.15) is 13.2 Å². The molecule has 2 N–H and O–H groups in total. The van der Waals surface area contributed by atoms with Crippen molar-refractivity contribution in [2.75, 3.05) is 19.6 Å². The van der Waals surface area contributed by atoms with E-state index >= 15 is 0 Å². The summed E-state index contributed by atoms with van der Waals surface area (Å²) in [6, 6.07) is 9.05. The molecule has 0 saturated carbocycles. The summed E-state index contributed by atoms with van der Waals surface area (Å²) in [4.78, 5) is 24.7. The van der Waals surface area contributed by atoms with Crippen molar-refractivity contribution in [3.63, 3.8) is 0 Å². The van der Waals surface area contributed by atoms with Crippen LogP contribution in [0.4, 0.5) is 13.2 Å². The number of aliphatic carboxylic acids is 1. The first-order valence-corrected chi connectivity index (χ1v) is 8.45. The second-order valence-electron chi connectivity index (χ2n) is 6.99. The molecule has 26 heavy (non-hydrogen) atoms. The Hall–Kier alpha value is -2.09. The monoisotopic (exact) mass is 372 g/mol. The van der Waals surface area contributed by atoms with E-state index in [1.54, 1.807) is 0 Å². The second kappa shape index (κ2) is 8.07. The standard InChI is InChI=1S/C18H23F3N2O3/c1-11(2)16(12-6-4-3-5-7-12)22-15(24)10-23-8-13(17(25)26)14(9-23)18(19,20)21/h3-7,11,13-14,16H,8-10H2,1-2H3,(H,22,24)(H,25,26)/t13-,14-,16?/m1/s1. The summed E-state index contributed by atoms with van der Waals surface area (Å²) in [6.45, 7) is 2.85. The first kappa shape index (κ1) is 20.2. The molecule has 2 rings (SSSR count). The third-order valence-electron chi connectivity index (χ3n) is 4.64. The van der Waals surface area contributed by atoms with E-state index in [0.717, 1.165) is 5.56 Å². The molecule has 144 valence electrons. The fraction of sp³-hybridized carbons (Fsp3) is 0.556. The summed E-state index contributed by atoms with van der Waals surface area (Å²) in [6.07, 6.45) is -4.60. The minimum atomic E-state index is -4.60. The number of alkyl halides is 3. The Balaban J connectivity index is 2.02. The smallest absolute Gasteiger partial charge is 0.393 e. The Morgan fingerprint density at radius 1 is 1.23 bits per heavy atom. The van der Waals surface area contributed by atoms with Gasteiger partial charge in [0.2, 0.25) is 5.91 Å². The van der Waals surface area contributed by atoms with Crippen LogP contribution in [-0.2, 0) is 9.59 Å². The average Bonchev–Trinajstić information content (AvgIpc) is 2.97. The molecule has 0 bridgehead atoms. The molecule has 3 atom stereocenters.